The van der Waals surface area contributed by atoms with E-state index in [0.717, 1.165) is 0 Å². The van der Waals surface area contributed by atoms with Gasteiger partial charge < -0.3 is 9.64 Å². The predicted octanol–water partition coefficient (Wildman–Crippen LogP) is 1.92. The molecule has 1 aromatic carbocycles. The molecular weight excluding hydrogens is 386 g/mol. The number of piperazine rings is 1. The van der Waals surface area contributed by atoms with Gasteiger partial charge in [0.05, 0.1) is 11.6 Å². The van der Waals surface area contributed by atoms with Crippen LogP contribution in [-0.2, 0) is 14.8 Å². The molecule has 1 aliphatic heterocycles. The second-order valence-electron chi connectivity index (χ2n) is 6.06. The first-order valence-corrected chi connectivity index (χ1v) is 10.7. The molecule has 7 nitrogen and oxygen atoms in total. The Kier molecular flexibility index (Phi) is 5.79. The van der Waals surface area contributed by atoms with Gasteiger partial charge in [0.25, 0.3) is 15.9 Å². The van der Waals surface area contributed by atoms with E-state index in [1.165, 1.54) is 15.6 Å². The molecule has 0 aliphatic carbocycles. The van der Waals surface area contributed by atoms with Gasteiger partial charge in [-0.2, -0.15) is 9.57 Å². The van der Waals surface area contributed by atoms with Crippen molar-refractivity contribution < 1.29 is 17.9 Å². The molecule has 1 aromatic heterocycles. The third-order valence-corrected chi connectivity index (χ3v) is 7.56. The van der Waals surface area contributed by atoms with Crippen LogP contribution < -0.4 is 4.74 Å². The summed E-state index contributed by atoms with van der Waals surface area (Å²) < 4.78 is 32.5. The molecule has 0 unspecified atom stereocenters. The summed E-state index contributed by atoms with van der Waals surface area (Å²) in [7, 11) is -3.49. The summed E-state index contributed by atoms with van der Waals surface area (Å²) in [4.78, 5) is 14.2. The minimum Gasteiger partial charge on any atom is -0.481 e. The highest BCUT2D eigenvalue weighted by Gasteiger charge is 2.32. The van der Waals surface area contributed by atoms with Crippen molar-refractivity contribution in [2.24, 2.45) is 0 Å². The molecule has 0 saturated carbocycles. The first-order chi connectivity index (χ1) is 12.9. The van der Waals surface area contributed by atoms with Crippen molar-refractivity contribution >= 4 is 27.3 Å². The second kappa shape index (κ2) is 8.08. The summed E-state index contributed by atoms with van der Waals surface area (Å²) in [5, 5.41) is 10.5. The van der Waals surface area contributed by atoms with E-state index in [-0.39, 0.29) is 19.0 Å². The van der Waals surface area contributed by atoms with E-state index in [0.29, 0.717) is 28.6 Å². The molecular formula is C18H19N3O4S2. The number of hydrogen-bond donors (Lipinski definition) is 0. The van der Waals surface area contributed by atoms with Gasteiger partial charge in [0.15, 0.2) is 6.10 Å². The van der Waals surface area contributed by atoms with Crippen LogP contribution in [0.4, 0.5) is 0 Å². The van der Waals surface area contributed by atoms with E-state index in [4.69, 9.17) is 10.00 Å². The Labute approximate surface area is 162 Å². The lowest BCUT2D eigenvalue weighted by Crippen LogP contribution is -2.53. The van der Waals surface area contributed by atoms with E-state index in [1.54, 1.807) is 53.6 Å². The summed E-state index contributed by atoms with van der Waals surface area (Å²) in [6, 6.07) is 11.9. The first-order valence-electron chi connectivity index (χ1n) is 8.41. The van der Waals surface area contributed by atoms with Gasteiger partial charge >= 0.3 is 0 Å². The van der Waals surface area contributed by atoms with Crippen molar-refractivity contribution in [2.45, 2.75) is 17.2 Å². The van der Waals surface area contributed by atoms with Crippen LogP contribution in [0.5, 0.6) is 5.75 Å². The highest BCUT2D eigenvalue weighted by Crippen LogP contribution is 2.22. The largest absolute Gasteiger partial charge is 0.481 e. The van der Waals surface area contributed by atoms with Gasteiger partial charge in [0, 0.05) is 26.2 Å². The van der Waals surface area contributed by atoms with Crippen molar-refractivity contribution in [3.8, 4) is 11.8 Å². The zero-order valence-corrected chi connectivity index (χ0v) is 16.4. The number of rotatable bonds is 5. The highest BCUT2D eigenvalue weighted by molar-refractivity contribution is 7.91. The number of carbonyl (C=O) groups is 1. The molecule has 1 fully saturated rings. The lowest BCUT2D eigenvalue weighted by Gasteiger charge is -2.34. The zero-order valence-electron chi connectivity index (χ0n) is 14.7. The number of amides is 1. The fourth-order valence-corrected chi connectivity index (χ4v) is 5.37. The number of nitriles is 1. The van der Waals surface area contributed by atoms with Crippen LogP contribution in [-0.4, -0.2) is 55.8 Å². The van der Waals surface area contributed by atoms with E-state index in [9.17, 15) is 13.2 Å². The number of nitrogens with zero attached hydrogens (tertiary/aromatic N) is 3. The van der Waals surface area contributed by atoms with Gasteiger partial charge in [-0.1, -0.05) is 6.07 Å². The fraction of sp³-hybridized carbons (Fsp3) is 0.333. The summed E-state index contributed by atoms with van der Waals surface area (Å²) >= 11 is 1.19. The summed E-state index contributed by atoms with van der Waals surface area (Å²) in [5.41, 5.74) is 0.518. The van der Waals surface area contributed by atoms with Crippen LogP contribution in [0, 0.1) is 11.3 Å². The predicted molar refractivity (Wildman–Crippen MR) is 101 cm³/mol. The number of thiophene rings is 1. The Hall–Kier alpha value is -2.41. The molecule has 1 atom stereocenters. The highest BCUT2D eigenvalue weighted by atomic mass is 32.2. The van der Waals surface area contributed by atoms with Crippen LogP contribution in [0.1, 0.15) is 12.5 Å². The van der Waals surface area contributed by atoms with Crippen molar-refractivity contribution in [3.05, 3.63) is 47.3 Å². The number of ether oxygens (including phenoxy) is 1. The van der Waals surface area contributed by atoms with Crippen LogP contribution in [0.3, 0.4) is 0 Å². The molecule has 9 heteroatoms. The molecule has 0 bridgehead atoms. The molecule has 1 amide bonds. The van der Waals surface area contributed by atoms with E-state index in [2.05, 4.69) is 0 Å². The summed E-state index contributed by atoms with van der Waals surface area (Å²) in [6.45, 7) is 2.83. The van der Waals surface area contributed by atoms with Gasteiger partial charge in [-0.05, 0) is 42.6 Å². The van der Waals surface area contributed by atoms with Gasteiger partial charge in [-0.25, -0.2) is 8.42 Å². The molecule has 0 radical (unpaired) electrons. The Balaban J connectivity index is 1.57. The lowest BCUT2D eigenvalue weighted by molar-refractivity contribution is -0.139. The normalized spacial score (nSPS) is 16.5. The molecule has 2 aromatic rings. The molecule has 2 heterocycles. The van der Waals surface area contributed by atoms with Crippen molar-refractivity contribution in [1.82, 2.24) is 9.21 Å². The van der Waals surface area contributed by atoms with Gasteiger partial charge in [0.2, 0.25) is 0 Å². The fourth-order valence-electron chi connectivity index (χ4n) is 2.81. The maximum Gasteiger partial charge on any atom is 0.263 e. The van der Waals surface area contributed by atoms with Crippen molar-refractivity contribution in [2.75, 3.05) is 26.2 Å². The smallest absolute Gasteiger partial charge is 0.263 e. The van der Waals surface area contributed by atoms with E-state index < -0.39 is 16.1 Å². The number of sulfonamides is 1. The minimum atomic E-state index is -3.49. The van der Waals surface area contributed by atoms with Crippen LogP contribution in [0.2, 0.25) is 0 Å². The van der Waals surface area contributed by atoms with E-state index >= 15 is 0 Å². The van der Waals surface area contributed by atoms with Crippen LogP contribution >= 0.6 is 11.3 Å². The van der Waals surface area contributed by atoms with Gasteiger partial charge in [0.1, 0.15) is 9.96 Å². The summed E-state index contributed by atoms with van der Waals surface area (Å²) in [5.74, 6) is 0.321. The van der Waals surface area contributed by atoms with Crippen molar-refractivity contribution in [1.29, 1.82) is 5.26 Å². The maximum absolute atomic E-state index is 12.6. The average Bonchev–Trinajstić information content (AvgIpc) is 3.24. The minimum absolute atomic E-state index is 0.187. The topological polar surface area (TPSA) is 90.7 Å². The van der Waals surface area contributed by atoms with Gasteiger partial charge in [-0.15, -0.1) is 11.3 Å². The molecule has 1 saturated heterocycles. The number of benzene rings is 1. The zero-order chi connectivity index (χ0) is 19.4. The SMILES string of the molecule is C[C@H](Oc1ccc(C#N)cc1)C(=O)N1CCN(S(=O)(=O)c2cccs2)CC1. The molecule has 1 aliphatic rings. The van der Waals surface area contributed by atoms with Gasteiger partial charge in [-0.3, -0.25) is 4.79 Å². The quantitative estimate of drug-likeness (QED) is 0.758. The van der Waals surface area contributed by atoms with Crippen LogP contribution in [0.15, 0.2) is 46.0 Å². The first kappa shape index (κ1) is 19.4. The Bertz CT molecular complexity index is 926. The Morgan fingerprint density at radius 3 is 2.41 bits per heavy atom. The Morgan fingerprint density at radius 1 is 1.19 bits per heavy atom. The Morgan fingerprint density at radius 2 is 1.85 bits per heavy atom. The third kappa shape index (κ3) is 4.30. The molecule has 0 spiro atoms. The number of hydrogen-bond acceptors (Lipinski definition) is 6. The standard InChI is InChI=1S/C18H19N3O4S2/c1-14(25-16-6-4-15(13-19)5-7-16)18(22)20-8-10-21(11-9-20)27(23,24)17-3-2-12-26-17/h2-7,12,14H,8-11H2,1H3/t14-/m0/s1. The molecule has 27 heavy (non-hydrogen) atoms. The molecule has 0 N–H and O–H groups in total. The van der Waals surface area contributed by atoms with E-state index in [1.807, 2.05) is 6.07 Å². The lowest BCUT2D eigenvalue weighted by atomic mass is 10.2. The monoisotopic (exact) mass is 405 g/mol. The molecule has 142 valence electrons. The maximum atomic E-state index is 12.6. The second-order valence-corrected chi connectivity index (χ2v) is 9.17. The average molecular weight is 406 g/mol. The van der Waals surface area contributed by atoms with Crippen LogP contribution in [0.25, 0.3) is 0 Å². The third-order valence-electron chi connectivity index (χ3n) is 4.28. The number of carbonyl (C=O) groups excluding carboxylic acids is 1. The molecule has 3 rings (SSSR count). The van der Waals surface area contributed by atoms with Crippen molar-refractivity contribution in [3.63, 3.8) is 0 Å². The summed E-state index contributed by atoms with van der Waals surface area (Å²) in [6.07, 6.45) is -0.696.